The number of carbonyl (C=O) groups is 2. The monoisotopic (exact) mass is 206 g/mol. The fourth-order valence-electron chi connectivity index (χ4n) is 1.37. The van der Waals surface area contributed by atoms with E-state index in [9.17, 15) is 9.59 Å². The minimum Gasteiger partial charge on any atom is -0.481 e. The minimum absolute atomic E-state index is 0.0792. The molecule has 0 fully saturated rings. The average molecular weight is 206 g/mol. The van der Waals surface area contributed by atoms with Gasteiger partial charge >= 0.3 is 5.97 Å². The Bertz CT molecular complexity index is 343. The van der Waals surface area contributed by atoms with Crippen LogP contribution in [-0.4, -0.2) is 16.9 Å². The number of carboxylic acid groups (broad SMARTS) is 1. The van der Waals surface area contributed by atoms with Crippen molar-refractivity contribution in [1.82, 2.24) is 0 Å². The summed E-state index contributed by atoms with van der Waals surface area (Å²) in [5.41, 5.74) is 0.581. The highest BCUT2D eigenvalue weighted by Crippen LogP contribution is 2.13. The molecule has 0 saturated heterocycles. The van der Waals surface area contributed by atoms with E-state index in [0.29, 0.717) is 12.0 Å². The van der Waals surface area contributed by atoms with Gasteiger partial charge in [-0.1, -0.05) is 37.3 Å². The Morgan fingerprint density at radius 3 is 2.33 bits per heavy atom. The van der Waals surface area contributed by atoms with E-state index in [1.807, 2.05) is 6.07 Å². The number of benzene rings is 1. The van der Waals surface area contributed by atoms with Gasteiger partial charge in [0, 0.05) is 12.0 Å². The van der Waals surface area contributed by atoms with Crippen molar-refractivity contribution in [3.8, 4) is 0 Å². The minimum atomic E-state index is -0.901. The molecule has 1 unspecified atom stereocenters. The Kier molecular flexibility index (Phi) is 4.03. The molecular formula is C12H14O3. The average Bonchev–Trinajstić information content (AvgIpc) is 2.26. The third-order valence-electron chi connectivity index (χ3n) is 2.37. The number of ketones is 1. The summed E-state index contributed by atoms with van der Waals surface area (Å²) in [6.07, 6.45) is 0.559. The summed E-state index contributed by atoms with van der Waals surface area (Å²) in [6.45, 7) is 1.77. The Labute approximate surface area is 88.7 Å². The number of carboxylic acids is 1. The van der Waals surface area contributed by atoms with Crippen LogP contribution in [0.1, 0.15) is 30.1 Å². The zero-order chi connectivity index (χ0) is 11.3. The molecule has 0 amide bonds. The summed E-state index contributed by atoms with van der Waals surface area (Å²) in [5, 5.41) is 8.82. The van der Waals surface area contributed by atoms with Crippen LogP contribution in [0.25, 0.3) is 0 Å². The molecular weight excluding hydrogens is 192 g/mol. The Morgan fingerprint density at radius 2 is 1.87 bits per heavy atom. The third-order valence-corrected chi connectivity index (χ3v) is 2.37. The van der Waals surface area contributed by atoms with Crippen LogP contribution in [0.5, 0.6) is 0 Å². The van der Waals surface area contributed by atoms with Gasteiger partial charge < -0.3 is 5.11 Å². The molecule has 1 aromatic rings. The van der Waals surface area contributed by atoms with Crippen LogP contribution >= 0.6 is 0 Å². The zero-order valence-electron chi connectivity index (χ0n) is 8.64. The molecule has 0 aliphatic carbocycles. The van der Waals surface area contributed by atoms with Crippen LogP contribution in [0.3, 0.4) is 0 Å². The Morgan fingerprint density at radius 1 is 1.27 bits per heavy atom. The van der Waals surface area contributed by atoms with Gasteiger partial charge in [0.15, 0.2) is 5.78 Å². The molecule has 15 heavy (non-hydrogen) atoms. The van der Waals surface area contributed by atoms with Crippen LogP contribution in [0.2, 0.25) is 0 Å². The van der Waals surface area contributed by atoms with E-state index >= 15 is 0 Å². The Hall–Kier alpha value is -1.64. The first kappa shape index (κ1) is 11.4. The molecule has 1 aromatic carbocycles. The van der Waals surface area contributed by atoms with Gasteiger partial charge in [-0.2, -0.15) is 0 Å². The van der Waals surface area contributed by atoms with Crippen molar-refractivity contribution < 1.29 is 14.7 Å². The fraction of sp³-hybridized carbons (Fsp3) is 0.333. The van der Waals surface area contributed by atoms with Crippen molar-refractivity contribution in [2.45, 2.75) is 19.8 Å². The van der Waals surface area contributed by atoms with Gasteiger partial charge in [0.1, 0.15) is 0 Å². The topological polar surface area (TPSA) is 54.4 Å². The summed E-state index contributed by atoms with van der Waals surface area (Å²) in [4.78, 5) is 22.4. The molecule has 1 N–H and O–H groups in total. The second-order valence-corrected chi connectivity index (χ2v) is 3.44. The lowest BCUT2D eigenvalue weighted by molar-refractivity contribution is -0.141. The van der Waals surface area contributed by atoms with Gasteiger partial charge in [0.2, 0.25) is 0 Å². The lowest BCUT2D eigenvalue weighted by Crippen LogP contribution is -2.17. The van der Waals surface area contributed by atoms with E-state index in [2.05, 4.69) is 0 Å². The maximum Gasteiger partial charge on any atom is 0.306 e. The molecule has 3 nitrogen and oxygen atoms in total. The first-order valence-electron chi connectivity index (χ1n) is 4.96. The molecule has 0 heterocycles. The molecule has 1 atom stereocenters. The summed E-state index contributed by atoms with van der Waals surface area (Å²) in [6, 6.07) is 8.78. The van der Waals surface area contributed by atoms with E-state index in [-0.39, 0.29) is 12.2 Å². The quantitative estimate of drug-likeness (QED) is 0.752. The number of hydrogen-bond acceptors (Lipinski definition) is 2. The summed E-state index contributed by atoms with van der Waals surface area (Å²) < 4.78 is 0. The largest absolute Gasteiger partial charge is 0.481 e. The lowest BCUT2D eigenvalue weighted by Gasteiger charge is -2.08. The van der Waals surface area contributed by atoms with Crippen LogP contribution in [0, 0.1) is 5.92 Å². The number of hydrogen-bond donors (Lipinski definition) is 1. The molecule has 0 saturated carbocycles. The maximum absolute atomic E-state index is 11.7. The van der Waals surface area contributed by atoms with Crippen LogP contribution in [0.15, 0.2) is 30.3 Å². The summed E-state index contributed by atoms with van der Waals surface area (Å²) >= 11 is 0. The summed E-state index contributed by atoms with van der Waals surface area (Å²) in [5.74, 6) is -1.58. The molecule has 80 valence electrons. The van der Waals surface area contributed by atoms with E-state index in [1.54, 1.807) is 31.2 Å². The maximum atomic E-state index is 11.7. The molecule has 0 radical (unpaired) electrons. The molecule has 1 rings (SSSR count). The highest BCUT2D eigenvalue weighted by atomic mass is 16.4. The van der Waals surface area contributed by atoms with Gasteiger partial charge in [-0.15, -0.1) is 0 Å². The third kappa shape index (κ3) is 3.20. The van der Waals surface area contributed by atoms with Crippen LogP contribution in [-0.2, 0) is 4.79 Å². The van der Waals surface area contributed by atoms with E-state index in [4.69, 9.17) is 5.11 Å². The van der Waals surface area contributed by atoms with Gasteiger partial charge in [-0.05, 0) is 6.42 Å². The predicted octanol–water partition coefficient (Wildman–Crippen LogP) is 2.37. The first-order valence-corrected chi connectivity index (χ1v) is 4.96. The molecule has 3 heteroatoms. The van der Waals surface area contributed by atoms with Crippen molar-refractivity contribution >= 4 is 11.8 Å². The van der Waals surface area contributed by atoms with E-state index in [0.717, 1.165) is 0 Å². The molecule has 0 aromatic heterocycles. The zero-order valence-corrected chi connectivity index (χ0v) is 8.64. The van der Waals surface area contributed by atoms with Crippen molar-refractivity contribution in [3.63, 3.8) is 0 Å². The molecule has 0 aliphatic heterocycles. The SMILES string of the molecule is CCC(CC(=O)c1ccccc1)C(=O)O. The molecule has 0 aliphatic rings. The number of aliphatic carboxylic acids is 1. The van der Waals surface area contributed by atoms with Gasteiger partial charge in [-0.25, -0.2) is 0 Å². The van der Waals surface area contributed by atoms with Gasteiger partial charge in [0.05, 0.1) is 5.92 Å². The van der Waals surface area contributed by atoms with Crippen molar-refractivity contribution in [2.75, 3.05) is 0 Å². The highest BCUT2D eigenvalue weighted by molar-refractivity contribution is 5.97. The van der Waals surface area contributed by atoms with Crippen molar-refractivity contribution in [1.29, 1.82) is 0 Å². The highest BCUT2D eigenvalue weighted by Gasteiger charge is 2.19. The van der Waals surface area contributed by atoms with Gasteiger partial charge in [0.25, 0.3) is 0 Å². The van der Waals surface area contributed by atoms with Gasteiger partial charge in [-0.3, -0.25) is 9.59 Å². The fourth-order valence-corrected chi connectivity index (χ4v) is 1.37. The van der Waals surface area contributed by atoms with E-state index < -0.39 is 11.9 Å². The summed E-state index contributed by atoms with van der Waals surface area (Å²) in [7, 11) is 0. The smallest absolute Gasteiger partial charge is 0.306 e. The van der Waals surface area contributed by atoms with Crippen LogP contribution < -0.4 is 0 Å². The molecule has 0 spiro atoms. The van der Waals surface area contributed by atoms with E-state index in [1.165, 1.54) is 0 Å². The number of rotatable bonds is 5. The second kappa shape index (κ2) is 5.29. The number of Topliss-reactive ketones (excluding diaryl/α,β-unsaturated/α-hetero) is 1. The second-order valence-electron chi connectivity index (χ2n) is 3.44. The van der Waals surface area contributed by atoms with Crippen LogP contribution in [0.4, 0.5) is 0 Å². The van der Waals surface area contributed by atoms with Crippen molar-refractivity contribution in [2.24, 2.45) is 5.92 Å². The standard InChI is InChI=1S/C12H14O3/c1-2-9(12(14)15)8-11(13)10-6-4-3-5-7-10/h3-7,9H,2,8H2,1H3,(H,14,15). The Balaban J connectivity index is 2.67. The normalized spacial score (nSPS) is 12.1. The molecule has 0 bridgehead atoms. The predicted molar refractivity (Wildman–Crippen MR) is 56.8 cm³/mol. The van der Waals surface area contributed by atoms with Crippen molar-refractivity contribution in [3.05, 3.63) is 35.9 Å². The lowest BCUT2D eigenvalue weighted by atomic mass is 9.96. The first-order chi connectivity index (χ1) is 7.15. The number of carbonyl (C=O) groups excluding carboxylic acids is 1.